The number of hydrogen-bond donors (Lipinski definition) is 0. The molecule has 0 aromatic heterocycles. The molecule has 0 aliphatic rings. The van der Waals surface area contributed by atoms with Crippen molar-refractivity contribution in [1.29, 1.82) is 0 Å². The van der Waals surface area contributed by atoms with Crippen molar-refractivity contribution in [3.8, 4) is 0 Å². The van der Waals surface area contributed by atoms with Crippen LogP contribution in [0, 0.1) is 0 Å². The SMILES string of the molecule is CC(=O)CCOC(=O)C(C)Br. The number of ketones is 1. The molecule has 3 nitrogen and oxygen atoms in total. The second kappa shape index (κ2) is 5.29. The van der Waals surface area contributed by atoms with Gasteiger partial charge in [-0.3, -0.25) is 9.59 Å². The number of halogens is 1. The molecule has 0 fully saturated rings. The Hall–Kier alpha value is -0.380. The lowest BCUT2D eigenvalue weighted by molar-refractivity contribution is -0.143. The van der Waals surface area contributed by atoms with Crippen molar-refractivity contribution in [2.45, 2.75) is 25.1 Å². The van der Waals surface area contributed by atoms with E-state index in [1.807, 2.05) is 0 Å². The molecule has 0 heterocycles. The van der Waals surface area contributed by atoms with E-state index in [4.69, 9.17) is 4.74 Å². The molecular weight excluding hydrogens is 212 g/mol. The predicted molar refractivity (Wildman–Crippen MR) is 44.6 cm³/mol. The zero-order chi connectivity index (χ0) is 8.85. The van der Waals surface area contributed by atoms with Gasteiger partial charge in [0, 0.05) is 6.42 Å². The summed E-state index contributed by atoms with van der Waals surface area (Å²) < 4.78 is 4.71. The van der Waals surface area contributed by atoms with Crippen LogP contribution >= 0.6 is 15.9 Å². The number of carbonyl (C=O) groups is 2. The quantitative estimate of drug-likeness (QED) is 0.532. The third kappa shape index (κ3) is 6.04. The minimum atomic E-state index is -0.328. The van der Waals surface area contributed by atoms with E-state index in [2.05, 4.69) is 15.9 Å². The van der Waals surface area contributed by atoms with E-state index in [1.54, 1.807) is 6.92 Å². The average Bonchev–Trinajstić information content (AvgIpc) is 1.86. The minimum Gasteiger partial charge on any atom is -0.464 e. The summed E-state index contributed by atoms with van der Waals surface area (Å²) in [6.07, 6.45) is 0.297. The first-order valence-electron chi connectivity index (χ1n) is 3.34. The monoisotopic (exact) mass is 222 g/mol. The van der Waals surface area contributed by atoms with Crippen molar-refractivity contribution in [3.63, 3.8) is 0 Å². The fraction of sp³-hybridized carbons (Fsp3) is 0.714. The molecule has 0 amide bonds. The van der Waals surface area contributed by atoms with Crippen molar-refractivity contribution < 1.29 is 14.3 Å². The molecule has 0 saturated carbocycles. The summed E-state index contributed by atoms with van der Waals surface area (Å²) in [5.41, 5.74) is 0. The van der Waals surface area contributed by atoms with Crippen LogP contribution in [0.2, 0.25) is 0 Å². The maximum atomic E-state index is 10.7. The highest BCUT2D eigenvalue weighted by Crippen LogP contribution is 2.00. The Kier molecular flexibility index (Phi) is 5.11. The van der Waals surface area contributed by atoms with Crippen LogP contribution in [0.1, 0.15) is 20.3 Å². The third-order valence-electron chi connectivity index (χ3n) is 1.02. The number of ether oxygens (including phenoxy) is 1. The molecule has 0 bridgehead atoms. The van der Waals surface area contributed by atoms with E-state index in [0.29, 0.717) is 6.42 Å². The van der Waals surface area contributed by atoms with Crippen LogP contribution in [0.3, 0.4) is 0 Å². The molecule has 0 aliphatic heterocycles. The molecule has 4 heteroatoms. The van der Waals surface area contributed by atoms with Crippen LogP contribution in [0.15, 0.2) is 0 Å². The van der Waals surface area contributed by atoms with Crippen LogP contribution in [-0.2, 0) is 14.3 Å². The first-order chi connectivity index (χ1) is 5.04. The number of hydrogen-bond acceptors (Lipinski definition) is 3. The van der Waals surface area contributed by atoms with E-state index in [1.165, 1.54) is 6.92 Å². The van der Waals surface area contributed by atoms with Gasteiger partial charge >= 0.3 is 5.97 Å². The minimum absolute atomic E-state index is 0.0278. The molecule has 1 unspecified atom stereocenters. The van der Waals surface area contributed by atoms with Gasteiger partial charge in [0.05, 0.1) is 6.61 Å². The second-order valence-electron chi connectivity index (χ2n) is 2.24. The van der Waals surface area contributed by atoms with Gasteiger partial charge in [0.1, 0.15) is 10.6 Å². The summed E-state index contributed by atoms with van der Waals surface area (Å²) in [4.78, 5) is 20.8. The Labute approximate surface area is 74.2 Å². The van der Waals surface area contributed by atoms with E-state index in [0.717, 1.165) is 0 Å². The van der Waals surface area contributed by atoms with Crippen molar-refractivity contribution in [2.75, 3.05) is 6.61 Å². The summed E-state index contributed by atoms with van der Waals surface area (Å²) in [6.45, 7) is 3.33. The van der Waals surface area contributed by atoms with Crippen molar-refractivity contribution >= 4 is 27.7 Å². The fourth-order valence-corrected chi connectivity index (χ4v) is 0.542. The van der Waals surface area contributed by atoms with Gasteiger partial charge in [-0.2, -0.15) is 0 Å². The summed E-state index contributed by atoms with van der Waals surface area (Å²) in [5.74, 6) is -0.300. The number of Topliss-reactive ketones (excluding diaryl/α,β-unsaturated/α-hetero) is 1. The van der Waals surface area contributed by atoms with Crippen molar-refractivity contribution in [2.24, 2.45) is 0 Å². The van der Waals surface area contributed by atoms with E-state index >= 15 is 0 Å². The largest absolute Gasteiger partial charge is 0.464 e. The lowest BCUT2D eigenvalue weighted by Crippen LogP contribution is -2.15. The van der Waals surface area contributed by atoms with Crippen LogP contribution in [0.4, 0.5) is 0 Å². The predicted octanol–water partition coefficient (Wildman–Crippen LogP) is 1.29. The smallest absolute Gasteiger partial charge is 0.319 e. The van der Waals surface area contributed by atoms with Gasteiger partial charge in [-0.1, -0.05) is 15.9 Å². The zero-order valence-electron chi connectivity index (χ0n) is 6.59. The van der Waals surface area contributed by atoms with Gasteiger partial charge in [0.15, 0.2) is 0 Å². The number of rotatable bonds is 4. The lowest BCUT2D eigenvalue weighted by Gasteiger charge is -2.03. The normalized spacial score (nSPS) is 12.3. The van der Waals surface area contributed by atoms with Gasteiger partial charge in [-0.05, 0) is 13.8 Å². The Bertz CT molecular complexity index is 154. The summed E-state index contributed by atoms with van der Waals surface area (Å²) in [5, 5.41) is 0. The van der Waals surface area contributed by atoms with Gasteiger partial charge in [-0.15, -0.1) is 0 Å². The molecule has 0 spiro atoms. The third-order valence-corrected chi connectivity index (χ3v) is 1.40. The van der Waals surface area contributed by atoms with E-state index < -0.39 is 0 Å². The molecule has 1 atom stereocenters. The summed E-state index contributed by atoms with van der Waals surface area (Å²) >= 11 is 3.05. The van der Waals surface area contributed by atoms with Crippen molar-refractivity contribution in [3.05, 3.63) is 0 Å². The second-order valence-corrected chi connectivity index (χ2v) is 3.61. The standard InChI is InChI=1S/C7H11BrO3/c1-5(9)3-4-11-7(10)6(2)8/h6H,3-4H2,1-2H3. The Morgan fingerprint density at radius 2 is 2.09 bits per heavy atom. The van der Waals surface area contributed by atoms with E-state index in [9.17, 15) is 9.59 Å². The van der Waals surface area contributed by atoms with Gasteiger partial charge in [0.25, 0.3) is 0 Å². The van der Waals surface area contributed by atoms with Gasteiger partial charge in [-0.25, -0.2) is 0 Å². The Morgan fingerprint density at radius 3 is 2.45 bits per heavy atom. The molecule has 0 rings (SSSR count). The summed E-state index contributed by atoms with van der Waals surface area (Å²) in [7, 11) is 0. The lowest BCUT2D eigenvalue weighted by atomic mass is 10.3. The maximum Gasteiger partial charge on any atom is 0.319 e. The van der Waals surface area contributed by atoms with Crippen LogP contribution in [0.25, 0.3) is 0 Å². The van der Waals surface area contributed by atoms with Crippen molar-refractivity contribution in [1.82, 2.24) is 0 Å². The highest BCUT2D eigenvalue weighted by molar-refractivity contribution is 9.10. The molecule has 64 valence electrons. The average molecular weight is 223 g/mol. The molecule has 0 radical (unpaired) electrons. The molecular formula is C7H11BrO3. The topological polar surface area (TPSA) is 43.4 Å². The highest BCUT2D eigenvalue weighted by atomic mass is 79.9. The van der Waals surface area contributed by atoms with E-state index in [-0.39, 0.29) is 23.2 Å². The van der Waals surface area contributed by atoms with Crippen LogP contribution < -0.4 is 0 Å². The molecule has 0 aromatic rings. The van der Waals surface area contributed by atoms with Gasteiger partial charge < -0.3 is 4.74 Å². The molecule has 0 N–H and O–H groups in total. The molecule has 0 aliphatic carbocycles. The first kappa shape index (κ1) is 10.6. The molecule has 0 aromatic carbocycles. The van der Waals surface area contributed by atoms with Crippen LogP contribution in [0.5, 0.6) is 0 Å². The molecule has 0 saturated heterocycles. The summed E-state index contributed by atoms with van der Waals surface area (Å²) in [6, 6.07) is 0. The fourth-order valence-electron chi connectivity index (χ4n) is 0.410. The first-order valence-corrected chi connectivity index (χ1v) is 4.25. The number of alkyl halides is 1. The zero-order valence-corrected chi connectivity index (χ0v) is 8.18. The Balaban J connectivity index is 3.39. The van der Waals surface area contributed by atoms with Crippen LogP contribution in [-0.4, -0.2) is 23.2 Å². The van der Waals surface area contributed by atoms with Gasteiger partial charge in [0.2, 0.25) is 0 Å². The Morgan fingerprint density at radius 1 is 1.55 bits per heavy atom. The number of esters is 1. The molecule has 11 heavy (non-hydrogen) atoms. The number of carbonyl (C=O) groups excluding carboxylic acids is 2. The highest BCUT2D eigenvalue weighted by Gasteiger charge is 2.09. The maximum absolute atomic E-state index is 10.7.